The van der Waals surface area contributed by atoms with Crippen LogP contribution in [0.3, 0.4) is 0 Å². The predicted molar refractivity (Wildman–Crippen MR) is 93.2 cm³/mol. The van der Waals surface area contributed by atoms with Gasteiger partial charge in [0.05, 0.1) is 16.5 Å². The number of imide groups is 1. The summed E-state index contributed by atoms with van der Waals surface area (Å²) < 4.78 is 5.51. The Morgan fingerprint density at radius 2 is 1.64 bits per heavy atom. The monoisotopic (exact) mass is 343 g/mol. The Morgan fingerprint density at radius 1 is 1.08 bits per heavy atom. The van der Waals surface area contributed by atoms with Crippen LogP contribution >= 0.6 is 0 Å². The van der Waals surface area contributed by atoms with Gasteiger partial charge in [-0.05, 0) is 58.6 Å². The Labute approximate surface area is 148 Å². The number of fused-ring (bicyclic) bond motifs is 1. The van der Waals surface area contributed by atoms with Gasteiger partial charge in [-0.2, -0.15) is 0 Å². The van der Waals surface area contributed by atoms with Gasteiger partial charge in [-0.15, -0.1) is 0 Å². The third kappa shape index (κ3) is 3.60. The fourth-order valence-electron chi connectivity index (χ4n) is 3.27. The average Bonchev–Trinajstić information content (AvgIpc) is 3.29. The van der Waals surface area contributed by atoms with E-state index in [2.05, 4.69) is 0 Å². The molecule has 1 fully saturated rings. The largest absolute Gasteiger partial charge is 0.460 e. The first-order valence-electron chi connectivity index (χ1n) is 8.92. The second kappa shape index (κ2) is 6.28. The van der Waals surface area contributed by atoms with Gasteiger partial charge < -0.3 is 4.74 Å². The Morgan fingerprint density at radius 3 is 2.12 bits per heavy atom. The molecule has 0 radical (unpaired) electrons. The highest BCUT2D eigenvalue weighted by atomic mass is 16.6. The number of ether oxygens (including phenoxy) is 1. The molecule has 1 aromatic carbocycles. The minimum Gasteiger partial charge on any atom is -0.460 e. The van der Waals surface area contributed by atoms with Crippen molar-refractivity contribution in [1.29, 1.82) is 0 Å². The van der Waals surface area contributed by atoms with Crippen LogP contribution < -0.4 is 0 Å². The number of hydrogen-bond acceptors (Lipinski definition) is 4. The fraction of sp³-hybridized carbons (Fsp3) is 0.550. The summed E-state index contributed by atoms with van der Waals surface area (Å²) in [5, 5.41) is 0. The number of unbranched alkanes of at least 4 members (excludes halogenated alkanes) is 1. The minimum absolute atomic E-state index is 0.110. The molecule has 2 amide bonds. The lowest BCUT2D eigenvalue weighted by Crippen LogP contribution is -2.31. The average molecular weight is 343 g/mol. The number of carbonyl (C=O) groups excluding carboxylic acids is 3. The molecule has 3 rings (SSSR count). The van der Waals surface area contributed by atoms with Crippen LogP contribution in [0.25, 0.3) is 0 Å². The SMILES string of the molecule is CC(C)(C)OC(=O)C1(CCCCN2C(=O)c3ccccc3C2=O)CC1. The van der Waals surface area contributed by atoms with Gasteiger partial charge in [-0.3, -0.25) is 19.3 Å². The van der Waals surface area contributed by atoms with E-state index in [1.165, 1.54) is 4.90 Å². The summed E-state index contributed by atoms with van der Waals surface area (Å²) in [6, 6.07) is 6.92. The van der Waals surface area contributed by atoms with Crippen molar-refractivity contribution in [2.24, 2.45) is 5.41 Å². The molecular formula is C20H25NO4. The molecule has 0 atom stereocenters. The molecule has 2 aliphatic rings. The summed E-state index contributed by atoms with van der Waals surface area (Å²) >= 11 is 0. The van der Waals surface area contributed by atoms with E-state index in [9.17, 15) is 14.4 Å². The smallest absolute Gasteiger partial charge is 0.312 e. The first-order valence-corrected chi connectivity index (χ1v) is 8.92. The fourth-order valence-corrected chi connectivity index (χ4v) is 3.27. The molecule has 1 saturated carbocycles. The molecule has 1 aliphatic carbocycles. The maximum Gasteiger partial charge on any atom is 0.312 e. The summed E-state index contributed by atoms with van der Waals surface area (Å²) in [6.45, 7) is 6.03. The zero-order chi connectivity index (χ0) is 18.2. The third-order valence-corrected chi connectivity index (χ3v) is 4.85. The van der Waals surface area contributed by atoms with E-state index in [4.69, 9.17) is 4.74 Å². The quantitative estimate of drug-likeness (QED) is 0.450. The highest BCUT2D eigenvalue weighted by Crippen LogP contribution is 2.51. The van der Waals surface area contributed by atoms with Gasteiger partial charge in [0, 0.05) is 6.54 Å². The second-order valence-corrected chi connectivity index (χ2v) is 8.05. The molecule has 0 aromatic heterocycles. The maximum absolute atomic E-state index is 12.3. The van der Waals surface area contributed by atoms with Gasteiger partial charge in [-0.25, -0.2) is 0 Å². The predicted octanol–water partition coefficient (Wildman–Crippen LogP) is 3.57. The molecule has 1 heterocycles. The molecule has 134 valence electrons. The Bertz CT molecular complexity index is 678. The molecule has 1 aromatic rings. The zero-order valence-corrected chi connectivity index (χ0v) is 15.1. The van der Waals surface area contributed by atoms with Gasteiger partial charge in [-0.1, -0.05) is 18.6 Å². The van der Waals surface area contributed by atoms with Crippen LogP contribution in [0.2, 0.25) is 0 Å². The summed E-state index contributed by atoms with van der Waals surface area (Å²) in [7, 11) is 0. The van der Waals surface area contributed by atoms with Crippen LogP contribution in [0.15, 0.2) is 24.3 Å². The van der Waals surface area contributed by atoms with E-state index in [1.54, 1.807) is 24.3 Å². The lowest BCUT2D eigenvalue weighted by Gasteiger charge is -2.24. The molecular weight excluding hydrogens is 318 g/mol. The third-order valence-electron chi connectivity index (χ3n) is 4.85. The first-order chi connectivity index (χ1) is 11.7. The van der Waals surface area contributed by atoms with Crippen LogP contribution in [-0.4, -0.2) is 34.8 Å². The Balaban J connectivity index is 1.49. The Kier molecular flexibility index (Phi) is 4.43. The Hall–Kier alpha value is -2.17. The lowest BCUT2D eigenvalue weighted by atomic mass is 9.98. The number of rotatable bonds is 6. The molecule has 25 heavy (non-hydrogen) atoms. The van der Waals surface area contributed by atoms with E-state index in [0.29, 0.717) is 24.1 Å². The van der Waals surface area contributed by atoms with E-state index in [1.807, 2.05) is 20.8 Å². The highest BCUT2D eigenvalue weighted by molar-refractivity contribution is 6.21. The molecule has 0 saturated heterocycles. The van der Waals surface area contributed by atoms with E-state index in [0.717, 1.165) is 25.7 Å². The molecule has 0 spiro atoms. The van der Waals surface area contributed by atoms with Crippen LogP contribution in [-0.2, 0) is 9.53 Å². The summed E-state index contributed by atoms with van der Waals surface area (Å²) in [4.78, 5) is 38.2. The van der Waals surface area contributed by atoms with Crippen molar-refractivity contribution < 1.29 is 19.1 Å². The van der Waals surface area contributed by atoms with Crippen molar-refractivity contribution in [3.05, 3.63) is 35.4 Å². The number of benzene rings is 1. The minimum atomic E-state index is -0.465. The second-order valence-electron chi connectivity index (χ2n) is 8.05. The molecule has 0 unspecified atom stereocenters. The van der Waals surface area contributed by atoms with Gasteiger partial charge in [0.2, 0.25) is 0 Å². The van der Waals surface area contributed by atoms with Crippen molar-refractivity contribution in [3.63, 3.8) is 0 Å². The van der Waals surface area contributed by atoms with Crippen LogP contribution in [0.5, 0.6) is 0 Å². The first kappa shape index (κ1) is 17.6. The number of amides is 2. The van der Waals surface area contributed by atoms with E-state index in [-0.39, 0.29) is 23.2 Å². The normalized spacial score (nSPS) is 18.3. The highest BCUT2D eigenvalue weighted by Gasteiger charge is 2.51. The standard InChI is InChI=1S/C20H25NO4/c1-19(2,3)25-18(24)20(11-12-20)10-6-7-13-21-16(22)14-8-4-5-9-15(14)17(21)23/h4-5,8-9H,6-7,10-13H2,1-3H3. The van der Waals surface area contributed by atoms with Crippen LogP contribution in [0, 0.1) is 5.41 Å². The van der Waals surface area contributed by atoms with Gasteiger partial charge >= 0.3 is 5.97 Å². The zero-order valence-electron chi connectivity index (χ0n) is 15.1. The van der Waals surface area contributed by atoms with Crippen molar-refractivity contribution in [1.82, 2.24) is 4.90 Å². The van der Waals surface area contributed by atoms with Gasteiger partial charge in [0.15, 0.2) is 0 Å². The van der Waals surface area contributed by atoms with Crippen LogP contribution in [0.1, 0.15) is 73.6 Å². The van der Waals surface area contributed by atoms with Crippen molar-refractivity contribution in [2.75, 3.05) is 6.54 Å². The number of carbonyl (C=O) groups is 3. The maximum atomic E-state index is 12.3. The number of nitrogens with zero attached hydrogens (tertiary/aromatic N) is 1. The van der Waals surface area contributed by atoms with Crippen molar-refractivity contribution in [3.8, 4) is 0 Å². The van der Waals surface area contributed by atoms with Gasteiger partial charge in [0.1, 0.15) is 5.60 Å². The van der Waals surface area contributed by atoms with E-state index < -0.39 is 5.60 Å². The molecule has 1 aliphatic heterocycles. The number of hydrogen-bond donors (Lipinski definition) is 0. The number of esters is 1. The molecule has 0 bridgehead atoms. The topological polar surface area (TPSA) is 63.7 Å². The summed E-state index contributed by atoms with van der Waals surface area (Å²) in [6.07, 6.45) is 4.00. The summed E-state index contributed by atoms with van der Waals surface area (Å²) in [5.74, 6) is -0.538. The van der Waals surface area contributed by atoms with Crippen molar-refractivity contribution in [2.45, 2.75) is 58.5 Å². The molecule has 0 N–H and O–H groups in total. The van der Waals surface area contributed by atoms with Crippen LogP contribution in [0.4, 0.5) is 0 Å². The van der Waals surface area contributed by atoms with E-state index >= 15 is 0 Å². The molecule has 5 nitrogen and oxygen atoms in total. The van der Waals surface area contributed by atoms with Crippen molar-refractivity contribution >= 4 is 17.8 Å². The lowest BCUT2D eigenvalue weighted by molar-refractivity contribution is -0.162. The van der Waals surface area contributed by atoms with Gasteiger partial charge in [0.25, 0.3) is 11.8 Å². The molecule has 5 heteroatoms. The summed E-state index contributed by atoms with van der Waals surface area (Å²) in [5.41, 5.74) is 0.169.